The molecule has 114 valence electrons. The summed E-state index contributed by atoms with van der Waals surface area (Å²) in [7, 11) is 0. The third-order valence-electron chi connectivity index (χ3n) is 4.40. The fourth-order valence-corrected chi connectivity index (χ4v) is 2.98. The number of hydrogen-bond acceptors (Lipinski definition) is 4. The highest BCUT2D eigenvalue weighted by atomic mass is 16.5. The Morgan fingerprint density at radius 1 is 1.10 bits per heavy atom. The van der Waals surface area contributed by atoms with Crippen LogP contribution < -0.4 is 0 Å². The van der Waals surface area contributed by atoms with E-state index in [2.05, 4.69) is 4.90 Å². The first-order chi connectivity index (χ1) is 9.70. The molecule has 0 aromatic heterocycles. The van der Waals surface area contributed by atoms with Crippen LogP contribution in [0.4, 0.5) is 0 Å². The number of likely N-dealkylation sites (tertiary alicyclic amines) is 1. The van der Waals surface area contributed by atoms with Gasteiger partial charge in [0.05, 0.1) is 13.2 Å². The van der Waals surface area contributed by atoms with Crippen LogP contribution in [0.5, 0.6) is 0 Å². The van der Waals surface area contributed by atoms with Gasteiger partial charge in [-0.25, -0.2) is 0 Å². The van der Waals surface area contributed by atoms with E-state index >= 15 is 0 Å². The summed E-state index contributed by atoms with van der Waals surface area (Å²) in [5, 5.41) is 0. The van der Waals surface area contributed by atoms with Gasteiger partial charge >= 0.3 is 0 Å². The summed E-state index contributed by atoms with van der Waals surface area (Å²) in [6.07, 6.45) is 2.90. The van der Waals surface area contributed by atoms with Crippen LogP contribution in [0.2, 0.25) is 0 Å². The molecule has 5 nitrogen and oxygen atoms in total. The second-order valence-electron chi connectivity index (χ2n) is 5.68. The fourth-order valence-electron chi connectivity index (χ4n) is 2.98. The number of ether oxygens (including phenoxy) is 1. The van der Waals surface area contributed by atoms with Crippen molar-refractivity contribution in [1.82, 2.24) is 9.80 Å². The standard InChI is InChI=1S/C15H26N2O3/c1-2-14(18)13-3-7-17(8-4-13)15(19)5-6-16-9-11-20-12-10-16/h13H,2-12H2,1H3. The monoisotopic (exact) mass is 282 g/mol. The highest BCUT2D eigenvalue weighted by molar-refractivity contribution is 5.81. The van der Waals surface area contributed by atoms with E-state index in [1.165, 1.54) is 0 Å². The van der Waals surface area contributed by atoms with Gasteiger partial charge in [0.1, 0.15) is 5.78 Å². The van der Waals surface area contributed by atoms with Crippen LogP contribution in [0.15, 0.2) is 0 Å². The zero-order valence-corrected chi connectivity index (χ0v) is 12.5. The van der Waals surface area contributed by atoms with E-state index in [4.69, 9.17) is 4.74 Å². The van der Waals surface area contributed by atoms with Gasteiger partial charge in [-0.1, -0.05) is 6.92 Å². The lowest BCUT2D eigenvalue weighted by Crippen LogP contribution is -2.43. The Hall–Kier alpha value is -0.940. The van der Waals surface area contributed by atoms with Crippen molar-refractivity contribution in [2.75, 3.05) is 45.9 Å². The number of ketones is 1. The summed E-state index contributed by atoms with van der Waals surface area (Å²) in [6.45, 7) is 7.66. The number of Topliss-reactive ketones (excluding diaryl/α,β-unsaturated/α-hetero) is 1. The molecule has 2 heterocycles. The van der Waals surface area contributed by atoms with Gasteiger partial charge in [0.25, 0.3) is 0 Å². The van der Waals surface area contributed by atoms with Crippen LogP contribution in [-0.2, 0) is 14.3 Å². The van der Waals surface area contributed by atoms with E-state index in [1.807, 2.05) is 11.8 Å². The molecule has 0 spiro atoms. The average Bonchev–Trinajstić information content (AvgIpc) is 2.53. The molecule has 0 unspecified atom stereocenters. The summed E-state index contributed by atoms with van der Waals surface area (Å²) in [5.41, 5.74) is 0. The summed E-state index contributed by atoms with van der Waals surface area (Å²) >= 11 is 0. The van der Waals surface area contributed by atoms with Crippen LogP contribution in [0.1, 0.15) is 32.6 Å². The van der Waals surface area contributed by atoms with Crippen LogP contribution >= 0.6 is 0 Å². The maximum absolute atomic E-state index is 12.2. The van der Waals surface area contributed by atoms with Crippen molar-refractivity contribution in [3.8, 4) is 0 Å². The third kappa shape index (κ3) is 4.28. The van der Waals surface area contributed by atoms with Gasteiger partial charge in [-0.3, -0.25) is 14.5 Å². The number of hydrogen-bond donors (Lipinski definition) is 0. The van der Waals surface area contributed by atoms with Gasteiger partial charge in [0.2, 0.25) is 5.91 Å². The lowest BCUT2D eigenvalue weighted by molar-refractivity contribution is -0.135. The predicted molar refractivity (Wildman–Crippen MR) is 76.5 cm³/mol. The molecule has 0 radical (unpaired) electrons. The number of nitrogens with zero attached hydrogens (tertiary/aromatic N) is 2. The minimum atomic E-state index is 0.184. The predicted octanol–water partition coefficient (Wildman–Crippen LogP) is 0.926. The van der Waals surface area contributed by atoms with E-state index in [9.17, 15) is 9.59 Å². The molecule has 2 fully saturated rings. The Labute approximate surface area is 121 Å². The molecule has 0 bridgehead atoms. The van der Waals surface area contributed by atoms with Crippen LogP contribution in [0.25, 0.3) is 0 Å². The summed E-state index contributed by atoms with van der Waals surface area (Å²) in [4.78, 5) is 28.0. The highest BCUT2D eigenvalue weighted by Crippen LogP contribution is 2.19. The zero-order chi connectivity index (χ0) is 14.4. The van der Waals surface area contributed by atoms with E-state index < -0.39 is 0 Å². The number of carbonyl (C=O) groups is 2. The Balaban J connectivity index is 1.67. The first-order valence-electron chi connectivity index (χ1n) is 7.81. The van der Waals surface area contributed by atoms with Crippen molar-refractivity contribution in [3.63, 3.8) is 0 Å². The molecule has 0 saturated carbocycles. The molecule has 5 heteroatoms. The Morgan fingerprint density at radius 2 is 1.75 bits per heavy atom. The number of rotatable bonds is 5. The lowest BCUT2D eigenvalue weighted by atomic mass is 9.91. The largest absolute Gasteiger partial charge is 0.379 e. The Morgan fingerprint density at radius 3 is 2.35 bits per heavy atom. The smallest absolute Gasteiger partial charge is 0.223 e. The van der Waals surface area contributed by atoms with Gasteiger partial charge < -0.3 is 9.64 Å². The molecule has 1 amide bonds. The van der Waals surface area contributed by atoms with Gasteiger partial charge in [0, 0.05) is 51.5 Å². The van der Waals surface area contributed by atoms with Crippen LogP contribution in [0.3, 0.4) is 0 Å². The molecule has 0 aromatic rings. The van der Waals surface area contributed by atoms with E-state index in [-0.39, 0.29) is 11.8 Å². The molecule has 0 aromatic carbocycles. The van der Waals surface area contributed by atoms with Crippen molar-refractivity contribution in [2.24, 2.45) is 5.92 Å². The zero-order valence-electron chi connectivity index (χ0n) is 12.5. The molecular weight excluding hydrogens is 256 g/mol. The van der Waals surface area contributed by atoms with E-state index in [0.717, 1.165) is 58.8 Å². The van der Waals surface area contributed by atoms with E-state index in [0.29, 0.717) is 18.6 Å². The number of piperidine rings is 1. The summed E-state index contributed by atoms with van der Waals surface area (Å²) < 4.78 is 5.30. The molecule has 0 atom stereocenters. The topological polar surface area (TPSA) is 49.9 Å². The Kier molecular flexibility index (Phi) is 5.98. The minimum absolute atomic E-state index is 0.184. The minimum Gasteiger partial charge on any atom is -0.379 e. The van der Waals surface area contributed by atoms with Crippen LogP contribution in [-0.4, -0.2) is 67.4 Å². The van der Waals surface area contributed by atoms with Crippen molar-refractivity contribution < 1.29 is 14.3 Å². The molecule has 2 rings (SSSR count). The molecule has 2 aliphatic heterocycles. The Bertz CT molecular complexity index is 332. The second-order valence-corrected chi connectivity index (χ2v) is 5.68. The molecule has 2 aliphatic rings. The molecule has 0 N–H and O–H groups in total. The molecule has 20 heavy (non-hydrogen) atoms. The van der Waals surface area contributed by atoms with Gasteiger partial charge in [-0.2, -0.15) is 0 Å². The van der Waals surface area contributed by atoms with Crippen molar-refractivity contribution in [3.05, 3.63) is 0 Å². The first kappa shape index (κ1) is 15.4. The molecular formula is C15H26N2O3. The van der Waals surface area contributed by atoms with Crippen molar-refractivity contribution >= 4 is 11.7 Å². The maximum atomic E-state index is 12.2. The fraction of sp³-hybridized carbons (Fsp3) is 0.867. The normalized spacial score (nSPS) is 21.9. The number of carbonyl (C=O) groups excluding carboxylic acids is 2. The summed E-state index contributed by atoms with van der Waals surface area (Å²) in [5.74, 6) is 0.771. The maximum Gasteiger partial charge on any atom is 0.223 e. The second kappa shape index (κ2) is 7.74. The quantitative estimate of drug-likeness (QED) is 0.752. The first-order valence-corrected chi connectivity index (χ1v) is 7.81. The molecule has 0 aliphatic carbocycles. The third-order valence-corrected chi connectivity index (χ3v) is 4.40. The number of amides is 1. The van der Waals surface area contributed by atoms with Gasteiger partial charge in [0.15, 0.2) is 0 Å². The SMILES string of the molecule is CCC(=O)C1CCN(C(=O)CCN2CCOCC2)CC1. The summed E-state index contributed by atoms with van der Waals surface area (Å²) in [6, 6.07) is 0. The average molecular weight is 282 g/mol. The lowest BCUT2D eigenvalue weighted by Gasteiger charge is -2.32. The van der Waals surface area contributed by atoms with Crippen molar-refractivity contribution in [1.29, 1.82) is 0 Å². The van der Waals surface area contributed by atoms with E-state index in [1.54, 1.807) is 0 Å². The number of morpholine rings is 1. The van der Waals surface area contributed by atoms with Crippen molar-refractivity contribution in [2.45, 2.75) is 32.6 Å². The van der Waals surface area contributed by atoms with Crippen LogP contribution in [0, 0.1) is 5.92 Å². The molecule has 2 saturated heterocycles. The highest BCUT2D eigenvalue weighted by Gasteiger charge is 2.26. The van der Waals surface area contributed by atoms with Gasteiger partial charge in [-0.05, 0) is 12.8 Å². The van der Waals surface area contributed by atoms with Gasteiger partial charge in [-0.15, -0.1) is 0 Å².